The number of nitrogens with one attached hydrogen (secondary N) is 1. The van der Waals surface area contributed by atoms with Crippen LogP contribution < -0.4 is 5.32 Å². The van der Waals surface area contributed by atoms with Gasteiger partial charge in [-0.2, -0.15) is 0 Å². The molecule has 3 aliphatic rings. The molecule has 0 bridgehead atoms. The molecule has 5 rings (SSSR count). The molecule has 1 unspecified atom stereocenters. The van der Waals surface area contributed by atoms with E-state index in [1.165, 1.54) is 13.8 Å². The Morgan fingerprint density at radius 3 is 2.55 bits per heavy atom. The number of carbonyl (C=O) groups excluding carboxylic acids is 4. The monoisotopic (exact) mass is 519 g/mol. The lowest BCUT2D eigenvalue weighted by Gasteiger charge is -2.30. The van der Waals surface area contributed by atoms with Gasteiger partial charge in [-0.05, 0) is 69.2 Å². The van der Waals surface area contributed by atoms with Gasteiger partial charge in [0.05, 0.1) is 0 Å². The van der Waals surface area contributed by atoms with Crippen LogP contribution in [-0.2, 0) is 37.7 Å². The second kappa shape index (κ2) is 9.54. The van der Waals surface area contributed by atoms with E-state index in [0.717, 1.165) is 28.9 Å². The number of fused-ring (bicyclic) bond motifs is 2. The molecule has 1 aliphatic heterocycles. The van der Waals surface area contributed by atoms with Crippen molar-refractivity contribution in [1.82, 2.24) is 9.80 Å². The third-order valence-electron chi connectivity index (χ3n) is 7.78. The summed E-state index contributed by atoms with van der Waals surface area (Å²) in [5.74, 6) is -0.971. The number of benzene rings is 2. The van der Waals surface area contributed by atoms with Crippen LogP contribution >= 0.6 is 0 Å². The van der Waals surface area contributed by atoms with E-state index in [-0.39, 0.29) is 24.9 Å². The van der Waals surface area contributed by atoms with Crippen LogP contribution in [0.15, 0.2) is 48.5 Å². The van der Waals surface area contributed by atoms with Crippen LogP contribution in [0.3, 0.4) is 0 Å². The number of aryl methyl sites for hydroxylation is 1. The fourth-order valence-electron chi connectivity index (χ4n) is 5.31. The minimum Gasteiger partial charge on any atom is -0.427 e. The zero-order chi connectivity index (χ0) is 27.2. The molecule has 2 atom stereocenters. The number of anilines is 1. The van der Waals surface area contributed by atoms with Crippen molar-refractivity contribution in [3.63, 3.8) is 0 Å². The van der Waals surface area contributed by atoms with Crippen LogP contribution in [0.25, 0.3) is 0 Å². The lowest BCUT2D eigenvalue weighted by molar-refractivity contribution is -0.143. The smallest absolute Gasteiger partial charge is 0.418 e. The second-order valence-corrected chi connectivity index (χ2v) is 11.1. The number of aliphatic hydroxyl groups is 1. The Bertz CT molecular complexity index is 1280. The quantitative estimate of drug-likeness (QED) is 0.553. The Morgan fingerprint density at radius 1 is 1.18 bits per heavy atom. The lowest BCUT2D eigenvalue weighted by Crippen LogP contribution is -2.47. The molecular formula is C29H33N3O6. The maximum Gasteiger partial charge on any atom is 0.418 e. The standard InChI is InChI=1S/C29H33N3O6/c1-18(20-9-10-20)31(16-19-7-5-4-6-8-19)24(33)17-32-26(35)29(38-27(32)36)14-13-21-15-22(11-12-23(21)29)30-25(34)28(2,3)37/h4-8,11-12,15,18,20,37H,9-10,13-14,16-17H2,1-3H3,(H,30,34)/t18-,29?/m0/s1. The molecule has 1 heterocycles. The summed E-state index contributed by atoms with van der Waals surface area (Å²) >= 11 is 0. The van der Waals surface area contributed by atoms with Crippen LogP contribution in [0, 0.1) is 5.92 Å². The summed E-state index contributed by atoms with van der Waals surface area (Å²) in [6, 6.07) is 14.7. The average Bonchev–Trinajstić information content (AvgIpc) is 3.63. The third-order valence-corrected chi connectivity index (χ3v) is 7.78. The molecule has 2 aromatic rings. The molecule has 9 heteroatoms. The zero-order valence-electron chi connectivity index (χ0n) is 21.9. The first-order valence-corrected chi connectivity index (χ1v) is 13.0. The predicted octanol–water partition coefficient (Wildman–Crippen LogP) is 3.34. The van der Waals surface area contributed by atoms with Crippen molar-refractivity contribution < 1.29 is 29.0 Å². The van der Waals surface area contributed by atoms with Gasteiger partial charge in [-0.1, -0.05) is 36.4 Å². The molecule has 38 heavy (non-hydrogen) atoms. The van der Waals surface area contributed by atoms with Crippen molar-refractivity contribution in [1.29, 1.82) is 0 Å². The number of nitrogens with zero attached hydrogens (tertiary/aromatic N) is 2. The lowest BCUT2D eigenvalue weighted by atomic mass is 9.94. The van der Waals surface area contributed by atoms with Crippen molar-refractivity contribution in [3.8, 4) is 0 Å². The van der Waals surface area contributed by atoms with E-state index in [1.807, 2.05) is 37.3 Å². The number of hydrogen-bond donors (Lipinski definition) is 2. The molecule has 4 amide bonds. The van der Waals surface area contributed by atoms with E-state index >= 15 is 0 Å². The molecule has 9 nitrogen and oxygen atoms in total. The number of rotatable bonds is 8. The van der Waals surface area contributed by atoms with Crippen molar-refractivity contribution in [3.05, 3.63) is 65.2 Å². The topological polar surface area (TPSA) is 116 Å². The molecule has 2 fully saturated rings. The molecule has 2 N–H and O–H groups in total. The van der Waals surface area contributed by atoms with Gasteiger partial charge in [-0.3, -0.25) is 14.4 Å². The Kier molecular flexibility index (Phi) is 6.51. The summed E-state index contributed by atoms with van der Waals surface area (Å²) in [4.78, 5) is 54.9. The molecule has 1 saturated carbocycles. The van der Waals surface area contributed by atoms with E-state index in [2.05, 4.69) is 5.32 Å². The summed E-state index contributed by atoms with van der Waals surface area (Å²) in [6.07, 6.45) is 2.01. The highest BCUT2D eigenvalue weighted by atomic mass is 16.6. The SMILES string of the molecule is C[C@@H](C1CC1)N(Cc1ccccc1)C(=O)CN1C(=O)OC2(CCc3cc(NC(=O)C(C)(C)O)ccc32)C1=O. The molecule has 2 aromatic carbocycles. The van der Waals surface area contributed by atoms with Gasteiger partial charge in [0.25, 0.3) is 11.8 Å². The Morgan fingerprint density at radius 2 is 1.89 bits per heavy atom. The molecule has 1 spiro atoms. The third kappa shape index (κ3) is 4.78. The van der Waals surface area contributed by atoms with E-state index in [0.29, 0.717) is 30.1 Å². The van der Waals surface area contributed by atoms with Crippen molar-refractivity contribution in [2.24, 2.45) is 5.92 Å². The normalized spacial score (nSPS) is 21.3. The predicted molar refractivity (Wildman–Crippen MR) is 139 cm³/mol. The molecule has 0 radical (unpaired) electrons. The summed E-state index contributed by atoms with van der Waals surface area (Å²) in [5, 5.41) is 12.6. The van der Waals surface area contributed by atoms with Gasteiger partial charge in [0.2, 0.25) is 11.5 Å². The molecular weight excluding hydrogens is 486 g/mol. The summed E-state index contributed by atoms with van der Waals surface area (Å²) in [7, 11) is 0. The van der Waals surface area contributed by atoms with Gasteiger partial charge < -0.3 is 20.1 Å². The van der Waals surface area contributed by atoms with Crippen LogP contribution in [0.4, 0.5) is 10.5 Å². The van der Waals surface area contributed by atoms with Gasteiger partial charge in [-0.15, -0.1) is 0 Å². The molecule has 0 aromatic heterocycles. The van der Waals surface area contributed by atoms with Gasteiger partial charge in [0, 0.05) is 30.3 Å². The largest absolute Gasteiger partial charge is 0.427 e. The van der Waals surface area contributed by atoms with Gasteiger partial charge in [0.1, 0.15) is 12.1 Å². The van der Waals surface area contributed by atoms with E-state index in [1.54, 1.807) is 23.1 Å². The van der Waals surface area contributed by atoms with Crippen LogP contribution in [-0.4, -0.2) is 56.9 Å². The van der Waals surface area contributed by atoms with E-state index < -0.39 is 29.1 Å². The van der Waals surface area contributed by atoms with Crippen LogP contribution in [0.1, 0.15) is 56.7 Å². The minimum atomic E-state index is -1.55. The molecule has 1 saturated heterocycles. The average molecular weight is 520 g/mol. The zero-order valence-corrected chi connectivity index (χ0v) is 21.9. The van der Waals surface area contributed by atoms with Crippen molar-refractivity contribution in [2.75, 3.05) is 11.9 Å². The molecule has 2 aliphatic carbocycles. The minimum absolute atomic E-state index is 0.00451. The Labute approximate surface area is 221 Å². The van der Waals surface area contributed by atoms with Gasteiger partial charge >= 0.3 is 6.09 Å². The number of hydrogen-bond acceptors (Lipinski definition) is 6. The van der Waals surface area contributed by atoms with Gasteiger partial charge in [0.15, 0.2) is 0 Å². The van der Waals surface area contributed by atoms with Crippen molar-refractivity contribution in [2.45, 2.75) is 70.2 Å². The first kappa shape index (κ1) is 25.9. The highest BCUT2D eigenvalue weighted by Crippen LogP contribution is 2.46. The van der Waals surface area contributed by atoms with Crippen molar-refractivity contribution >= 4 is 29.5 Å². The van der Waals surface area contributed by atoms with Gasteiger partial charge in [-0.25, -0.2) is 9.69 Å². The first-order chi connectivity index (χ1) is 18.0. The maximum absolute atomic E-state index is 13.6. The number of amides is 4. The second-order valence-electron chi connectivity index (χ2n) is 11.1. The van der Waals surface area contributed by atoms with Crippen LogP contribution in [0.5, 0.6) is 0 Å². The van der Waals surface area contributed by atoms with E-state index in [4.69, 9.17) is 4.74 Å². The molecule has 200 valence electrons. The maximum atomic E-state index is 13.6. The Hall–Kier alpha value is -3.72. The Balaban J connectivity index is 1.34. The number of carbonyl (C=O) groups is 4. The summed E-state index contributed by atoms with van der Waals surface area (Å²) < 4.78 is 5.69. The fourth-order valence-corrected chi connectivity index (χ4v) is 5.31. The number of ether oxygens (including phenoxy) is 1. The van der Waals surface area contributed by atoms with E-state index in [9.17, 15) is 24.3 Å². The summed E-state index contributed by atoms with van der Waals surface area (Å²) in [5.41, 5.74) is -0.242. The summed E-state index contributed by atoms with van der Waals surface area (Å²) in [6.45, 7) is 4.83. The highest BCUT2D eigenvalue weighted by molar-refractivity contribution is 6.06. The first-order valence-electron chi connectivity index (χ1n) is 13.0. The van der Waals surface area contributed by atoms with Crippen LogP contribution in [0.2, 0.25) is 0 Å². The number of imide groups is 1. The fraction of sp³-hybridized carbons (Fsp3) is 0.448. The highest BCUT2D eigenvalue weighted by Gasteiger charge is 2.58.